The first kappa shape index (κ1) is 15.4. The van der Waals surface area contributed by atoms with E-state index in [9.17, 15) is 14.4 Å². The van der Waals surface area contributed by atoms with Gasteiger partial charge in [-0.15, -0.1) is 0 Å². The summed E-state index contributed by atoms with van der Waals surface area (Å²) >= 11 is 0. The Morgan fingerprint density at radius 2 is 1.79 bits per heavy atom. The van der Waals surface area contributed by atoms with Crippen LogP contribution in [0, 0.1) is 5.92 Å². The standard InChI is InChI=1S/C12H21N3O4/c1-2-13-12(19)15-10(16)7-14-9-5-3-8(4-6-9)11(17)18/h8-9,14H,2-7H2,1H3,(H,17,18)(H2,13,15,16,19). The highest BCUT2D eigenvalue weighted by molar-refractivity contribution is 5.95. The summed E-state index contributed by atoms with van der Waals surface area (Å²) in [5, 5.41) is 16.6. The minimum absolute atomic E-state index is 0.0690. The predicted octanol–water partition coefficient (Wildman–Crippen LogP) is 0.0651. The molecule has 1 aliphatic carbocycles. The average Bonchev–Trinajstić information content (AvgIpc) is 2.37. The van der Waals surface area contributed by atoms with E-state index in [0.29, 0.717) is 19.4 Å². The second-order valence-corrected chi connectivity index (χ2v) is 4.68. The summed E-state index contributed by atoms with van der Waals surface area (Å²) in [7, 11) is 0. The number of hydrogen-bond acceptors (Lipinski definition) is 4. The van der Waals surface area contributed by atoms with Crippen LogP contribution in [0.5, 0.6) is 0 Å². The zero-order chi connectivity index (χ0) is 14.3. The number of aliphatic carboxylic acids is 1. The van der Waals surface area contributed by atoms with Gasteiger partial charge in [-0.3, -0.25) is 14.9 Å². The number of carbonyl (C=O) groups is 3. The molecule has 0 aromatic heterocycles. The maximum atomic E-state index is 11.4. The lowest BCUT2D eigenvalue weighted by Crippen LogP contribution is -2.46. The molecule has 1 saturated carbocycles. The largest absolute Gasteiger partial charge is 0.481 e. The third-order valence-electron chi connectivity index (χ3n) is 3.22. The van der Waals surface area contributed by atoms with Gasteiger partial charge < -0.3 is 15.7 Å². The van der Waals surface area contributed by atoms with Crippen LogP contribution in [0.2, 0.25) is 0 Å². The van der Waals surface area contributed by atoms with Crippen LogP contribution in [0.3, 0.4) is 0 Å². The third kappa shape index (κ3) is 5.69. The number of nitrogens with one attached hydrogen (secondary N) is 3. The fourth-order valence-corrected chi connectivity index (χ4v) is 2.16. The average molecular weight is 271 g/mol. The molecular formula is C12H21N3O4. The van der Waals surface area contributed by atoms with Crippen LogP contribution in [0.4, 0.5) is 4.79 Å². The molecule has 1 fully saturated rings. The van der Waals surface area contributed by atoms with Gasteiger partial charge in [0, 0.05) is 12.6 Å². The normalized spacial score (nSPS) is 22.6. The Hall–Kier alpha value is -1.63. The first-order valence-electron chi connectivity index (χ1n) is 6.56. The van der Waals surface area contributed by atoms with E-state index in [4.69, 9.17) is 5.11 Å². The Bertz CT molecular complexity index is 338. The second kappa shape index (κ2) is 7.73. The maximum absolute atomic E-state index is 11.4. The Labute approximate surface area is 112 Å². The molecule has 7 nitrogen and oxygen atoms in total. The number of amides is 3. The van der Waals surface area contributed by atoms with Gasteiger partial charge >= 0.3 is 12.0 Å². The summed E-state index contributed by atoms with van der Waals surface area (Å²) in [5.41, 5.74) is 0. The number of hydrogen-bond donors (Lipinski definition) is 4. The molecule has 0 unspecified atom stereocenters. The highest BCUT2D eigenvalue weighted by Crippen LogP contribution is 2.24. The molecule has 7 heteroatoms. The molecular weight excluding hydrogens is 250 g/mol. The van der Waals surface area contributed by atoms with E-state index in [1.54, 1.807) is 6.92 Å². The fraction of sp³-hybridized carbons (Fsp3) is 0.750. The van der Waals surface area contributed by atoms with Gasteiger partial charge in [-0.25, -0.2) is 4.79 Å². The number of carboxylic acids is 1. The van der Waals surface area contributed by atoms with Crippen LogP contribution in [-0.4, -0.2) is 42.1 Å². The van der Waals surface area contributed by atoms with Crippen molar-refractivity contribution in [2.75, 3.05) is 13.1 Å². The number of rotatable bonds is 5. The van der Waals surface area contributed by atoms with Gasteiger partial charge in [-0.2, -0.15) is 0 Å². The van der Waals surface area contributed by atoms with Gasteiger partial charge in [0.05, 0.1) is 12.5 Å². The van der Waals surface area contributed by atoms with Gasteiger partial charge in [-0.1, -0.05) is 0 Å². The molecule has 0 radical (unpaired) electrons. The van der Waals surface area contributed by atoms with E-state index in [1.165, 1.54) is 0 Å². The van der Waals surface area contributed by atoms with Gasteiger partial charge in [0.2, 0.25) is 5.91 Å². The molecule has 0 aromatic carbocycles. The molecule has 0 aliphatic heterocycles. The van der Waals surface area contributed by atoms with Crippen LogP contribution >= 0.6 is 0 Å². The van der Waals surface area contributed by atoms with Crippen LogP contribution in [0.1, 0.15) is 32.6 Å². The van der Waals surface area contributed by atoms with Crippen molar-refractivity contribution in [3.63, 3.8) is 0 Å². The molecule has 1 rings (SSSR count). The quantitative estimate of drug-likeness (QED) is 0.566. The fourth-order valence-electron chi connectivity index (χ4n) is 2.16. The Morgan fingerprint density at radius 1 is 1.16 bits per heavy atom. The summed E-state index contributed by atoms with van der Waals surface area (Å²) in [5.74, 6) is -1.39. The van der Waals surface area contributed by atoms with Gasteiger partial charge in [-0.05, 0) is 32.6 Å². The molecule has 108 valence electrons. The lowest BCUT2D eigenvalue weighted by Gasteiger charge is -2.26. The van der Waals surface area contributed by atoms with Crippen molar-refractivity contribution in [2.24, 2.45) is 5.92 Å². The van der Waals surface area contributed by atoms with Crippen LogP contribution in [0.15, 0.2) is 0 Å². The first-order valence-corrected chi connectivity index (χ1v) is 6.56. The lowest BCUT2D eigenvalue weighted by atomic mass is 9.86. The summed E-state index contributed by atoms with van der Waals surface area (Å²) in [6.45, 7) is 2.30. The van der Waals surface area contributed by atoms with Crippen molar-refractivity contribution in [1.29, 1.82) is 0 Å². The minimum Gasteiger partial charge on any atom is -0.481 e. The molecule has 0 aromatic rings. The lowest BCUT2D eigenvalue weighted by molar-refractivity contribution is -0.143. The highest BCUT2D eigenvalue weighted by atomic mass is 16.4. The van der Waals surface area contributed by atoms with Crippen molar-refractivity contribution in [2.45, 2.75) is 38.6 Å². The van der Waals surface area contributed by atoms with Crippen molar-refractivity contribution < 1.29 is 19.5 Å². The number of carbonyl (C=O) groups excluding carboxylic acids is 2. The van der Waals surface area contributed by atoms with Crippen molar-refractivity contribution in [3.8, 4) is 0 Å². The molecule has 3 amide bonds. The van der Waals surface area contributed by atoms with Crippen LogP contribution in [-0.2, 0) is 9.59 Å². The van der Waals surface area contributed by atoms with Gasteiger partial charge in [0.25, 0.3) is 0 Å². The van der Waals surface area contributed by atoms with E-state index in [-0.39, 0.29) is 24.4 Å². The van der Waals surface area contributed by atoms with E-state index in [0.717, 1.165) is 12.8 Å². The summed E-state index contributed by atoms with van der Waals surface area (Å²) in [6, 6.07) is -0.348. The Balaban J connectivity index is 2.18. The zero-order valence-electron chi connectivity index (χ0n) is 11.1. The molecule has 0 bridgehead atoms. The van der Waals surface area contributed by atoms with E-state index >= 15 is 0 Å². The van der Waals surface area contributed by atoms with Gasteiger partial charge in [0.15, 0.2) is 0 Å². The molecule has 4 N–H and O–H groups in total. The van der Waals surface area contributed by atoms with E-state index in [1.807, 2.05) is 0 Å². The first-order chi connectivity index (χ1) is 9.02. The van der Waals surface area contributed by atoms with Crippen molar-refractivity contribution >= 4 is 17.9 Å². The molecule has 0 heterocycles. The van der Waals surface area contributed by atoms with Crippen molar-refractivity contribution in [3.05, 3.63) is 0 Å². The van der Waals surface area contributed by atoms with E-state index < -0.39 is 12.0 Å². The molecule has 19 heavy (non-hydrogen) atoms. The highest BCUT2D eigenvalue weighted by Gasteiger charge is 2.25. The molecule has 0 atom stereocenters. The van der Waals surface area contributed by atoms with Crippen molar-refractivity contribution in [1.82, 2.24) is 16.0 Å². The molecule has 1 aliphatic rings. The minimum atomic E-state index is -0.743. The third-order valence-corrected chi connectivity index (χ3v) is 3.22. The number of urea groups is 1. The number of imide groups is 1. The maximum Gasteiger partial charge on any atom is 0.321 e. The monoisotopic (exact) mass is 271 g/mol. The molecule has 0 spiro atoms. The van der Waals surface area contributed by atoms with Crippen LogP contribution in [0.25, 0.3) is 0 Å². The topological polar surface area (TPSA) is 108 Å². The molecule has 0 saturated heterocycles. The van der Waals surface area contributed by atoms with Gasteiger partial charge in [0.1, 0.15) is 0 Å². The SMILES string of the molecule is CCNC(=O)NC(=O)CNC1CCC(C(=O)O)CC1. The Kier molecular flexibility index (Phi) is 6.27. The summed E-state index contributed by atoms with van der Waals surface area (Å²) < 4.78 is 0. The smallest absolute Gasteiger partial charge is 0.321 e. The second-order valence-electron chi connectivity index (χ2n) is 4.68. The Morgan fingerprint density at radius 3 is 2.32 bits per heavy atom. The summed E-state index contributed by atoms with van der Waals surface area (Å²) in [6.07, 6.45) is 2.74. The van der Waals surface area contributed by atoms with Crippen LogP contribution < -0.4 is 16.0 Å². The van der Waals surface area contributed by atoms with E-state index in [2.05, 4.69) is 16.0 Å². The summed E-state index contributed by atoms with van der Waals surface area (Å²) in [4.78, 5) is 33.3. The zero-order valence-corrected chi connectivity index (χ0v) is 11.1. The number of carboxylic acid groups (broad SMARTS) is 1. The predicted molar refractivity (Wildman–Crippen MR) is 68.6 cm³/mol.